The van der Waals surface area contributed by atoms with E-state index in [4.69, 9.17) is 0 Å². The van der Waals surface area contributed by atoms with Crippen molar-refractivity contribution in [3.05, 3.63) is 82.5 Å². The standard InChI is InChI=1S/C22H19F2N3O.C2H6/c1-13(2)20-7-14-5-4-6-19(15-11-25-26(3)12-15)21(14)22(28)27(20)18-9-16(23)8-17(24)10-18;1-2/h4-13H,1-3H3;1-2H3. The van der Waals surface area contributed by atoms with E-state index in [0.717, 1.165) is 22.6 Å². The molecule has 0 atom stereocenters. The van der Waals surface area contributed by atoms with Crippen molar-refractivity contribution in [2.75, 3.05) is 0 Å². The second kappa shape index (κ2) is 8.61. The summed E-state index contributed by atoms with van der Waals surface area (Å²) in [5.41, 5.74) is 2.08. The molecule has 0 saturated heterocycles. The van der Waals surface area contributed by atoms with Gasteiger partial charge in [-0.25, -0.2) is 8.78 Å². The Kier molecular flexibility index (Phi) is 6.15. The summed E-state index contributed by atoms with van der Waals surface area (Å²) >= 11 is 0. The van der Waals surface area contributed by atoms with Crippen LogP contribution in [0.15, 0.2) is 59.7 Å². The maximum atomic E-state index is 13.9. The molecule has 0 aliphatic rings. The SMILES string of the molecule is CC.CC(C)c1cc2cccc(-c3cnn(C)c3)c2c(=O)n1-c1cc(F)cc(F)c1. The topological polar surface area (TPSA) is 39.8 Å². The van der Waals surface area contributed by atoms with Gasteiger partial charge in [0.25, 0.3) is 5.56 Å². The molecule has 0 saturated carbocycles. The molecule has 0 unspecified atom stereocenters. The summed E-state index contributed by atoms with van der Waals surface area (Å²) in [5.74, 6) is -1.47. The van der Waals surface area contributed by atoms with Crippen LogP contribution in [0.3, 0.4) is 0 Å². The summed E-state index contributed by atoms with van der Waals surface area (Å²) in [6.07, 6.45) is 3.52. The number of pyridine rings is 1. The van der Waals surface area contributed by atoms with E-state index in [-0.39, 0.29) is 17.2 Å². The summed E-state index contributed by atoms with van der Waals surface area (Å²) in [6, 6.07) is 10.7. The van der Waals surface area contributed by atoms with Gasteiger partial charge in [-0.2, -0.15) is 5.10 Å². The van der Waals surface area contributed by atoms with Gasteiger partial charge in [0.05, 0.1) is 17.3 Å². The van der Waals surface area contributed by atoms with E-state index in [2.05, 4.69) is 5.10 Å². The second-order valence-corrected chi connectivity index (χ2v) is 7.16. The predicted molar refractivity (Wildman–Crippen MR) is 117 cm³/mol. The van der Waals surface area contributed by atoms with E-state index in [0.29, 0.717) is 11.1 Å². The Morgan fingerprint density at radius 2 is 1.67 bits per heavy atom. The first-order valence-electron chi connectivity index (χ1n) is 9.99. The van der Waals surface area contributed by atoms with Crippen molar-refractivity contribution in [2.24, 2.45) is 7.05 Å². The average Bonchev–Trinajstić information content (AvgIpc) is 3.14. The first-order valence-corrected chi connectivity index (χ1v) is 9.99. The lowest BCUT2D eigenvalue weighted by Crippen LogP contribution is -2.23. The van der Waals surface area contributed by atoms with Crippen molar-refractivity contribution in [2.45, 2.75) is 33.6 Å². The maximum absolute atomic E-state index is 13.9. The molecule has 0 fully saturated rings. The maximum Gasteiger partial charge on any atom is 0.263 e. The summed E-state index contributed by atoms with van der Waals surface area (Å²) in [6.45, 7) is 7.88. The van der Waals surface area contributed by atoms with Crippen LogP contribution in [0.2, 0.25) is 0 Å². The van der Waals surface area contributed by atoms with Gasteiger partial charge < -0.3 is 0 Å². The minimum atomic E-state index is -0.725. The Labute approximate surface area is 174 Å². The molecule has 0 amide bonds. The Balaban J connectivity index is 0.00000124. The Bertz CT molecular complexity index is 1240. The van der Waals surface area contributed by atoms with Crippen LogP contribution in [0.4, 0.5) is 8.78 Å². The fourth-order valence-corrected chi connectivity index (χ4v) is 3.54. The molecule has 0 bridgehead atoms. The van der Waals surface area contributed by atoms with E-state index in [1.165, 1.54) is 16.7 Å². The zero-order chi connectivity index (χ0) is 22.0. The van der Waals surface area contributed by atoms with Gasteiger partial charge in [0.1, 0.15) is 11.6 Å². The van der Waals surface area contributed by atoms with E-state index < -0.39 is 11.6 Å². The molecule has 4 nitrogen and oxygen atoms in total. The fraction of sp³-hybridized carbons (Fsp3) is 0.250. The first-order chi connectivity index (χ1) is 14.3. The number of aryl methyl sites for hydroxylation is 1. The third-order valence-electron chi connectivity index (χ3n) is 4.79. The monoisotopic (exact) mass is 409 g/mol. The predicted octanol–water partition coefficient (Wildman–Crippen LogP) is 5.82. The molecular weight excluding hydrogens is 384 g/mol. The lowest BCUT2D eigenvalue weighted by molar-refractivity contribution is 0.580. The third kappa shape index (κ3) is 3.90. The first kappa shape index (κ1) is 21.4. The molecular formula is C24H25F2N3O. The van der Waals surface area contributed by atoms with Gasteiger partial charge in [-0.05, 0) is 35.1 Å². The molecule has 0 aliphatic heterocycles. The lowest BCUT2D eigenvalue weighted by Gasteiger charge is -2.18. The molecule has 0 aliphatic carbocycles. The fourth-order valence-electron chi connectivity index (χ4n) is 3.54. The molecule has 6 heteroatoms. The van der Waals surface area contributed by atoms with Crippen LogP contribution in [0.25, 0.3) is 27.6 Å². The van der Waals surface area contributed by atoms with Crippen LogP contribution in [-0.2, 0) is 7.05 Å². The number of halogens is 2. The number of hydrogen-bond acceptors (Lipinski definition) is 2. The smallest absolute Gasteiger partial charge is 0.263 e. The molecule has 2 aromatic heterocycles. The van der Waals surface area contributed by atoms with Crippen molar-refractivity contribution in [3.63, 3.8) is 0 Å². The molecule has 156 valence electrons. The van der Waals surface area contributed by atoms with E-state index >= 15 is 0 Å². The molecule has 2 heterocycles. The Morgan fingerprint density at radius 1 is 1.00 bits per heavy atom. The highest BCUT2D eigenvalue weighted by molar-refractivity contribution is 5.96. The van der Waals surface area contributed by atoms with Crippen LogP contribution in [-0.4, -0.2) is 14.3 Å². The molecule has 0 N–H and O–H groups in total. The van der Waals surface area contributed by atoms with Gasteiger partial charge >= 0.3 is 0 Å². The summed E-state index contributed by atoms with van der Waals surface area (Å²) in [5, 5.41) is 5.46. The van der Waals surface area contributed by atoms with Crippen LogP contribution in [0.1, 0.15) is 39.3 Å². The minimum Gasteiger partial charge on any atom is -0.280 e. The van der Waals surface area contributed by atoms with Crippen LogP contribution in [0, 0.1) is 11.6 Å². The molecule has 30 heavy (non-hydrogen) atoms. The molecule has 2 aromatic carbocycles. The highest BCUT2D eigenvalue weighted by atomic mass is 19.1. The lowest BCUT2D eigenvalue weighted by atomic mass is 9.98. The van der Waals surface area contributed by atoms with Crippen molar-refractivity contribution < 1.29 is 8.78 Å². The van der Waals surface area contributed by atoms with Crippen molar-refractivity contribution >= 4 is 10.8 Å². The number of benzene rings is 2. The molecule has 4 aromatic rings. The van der Waals surface area contributed by atoms with Crippen molar-refractivity contribution in [1.82, 2.24) is 14.3 Å². The van der Waals surface area contributed by atoms with Gasteiger partial charge in [0, 0.05) is 30.6 Å². The minimum absolute atomic E-state index is 0.0227. The second-order valence-electron chi connectivity index (χ2n) is 7.16. The third-order valence-corrected chi connectivity index (χ3v) is 4.79. The number of hydrogen-bond donors (Lipinski definition) is 0. The number of aromatic nitrogens is 3. The highest BCUT2D eigenvalue weighted by Gasteiger charge is 2.18. The highest BCUT2D eigenvalue weighted by Crippen LogP contribution is 2.29. The quantitative estimate of drug-likeness (QED) is 0.428. The Morgan fingerprint density at radius 3 is 2.23 bits per heavy atom. The van der Waals surface area contributed by atoms with Crippen LogP contribution >= 0.6 is 0 Å². The van der Waals surface area contributed by atoms with E-state index in [1.807, 2.05) is 58.2 Å². The number of nitrogens with zero attached hydrogens (tertiary/aromatic N) is 3. The Hall–Kier alpha value is -3.28. The van der Waals surface area contributed by atoms with Gasteiger partial charge in [0.15, 0.2) is 0 Å². The molecule has 0 radical (unpaired) electrons. The van der Waals surface area contributed by atoms with Crippen LogP contribution in [0.5, 0.6) is 0 Å². The zero-order valence-electron chi connectivity index (χ0n) is 17.8. The summed E-state index contributed by atoms with van der Waals surface area (Å²) < 4.78 is 30.8. The van der Waals surface area contributed by atoms with Crippen molar-refractivity contribution in [1.29, 1.82) is 0 Å². The van der Waals surface area contributed by atoms with Gasteiger partial charge in [-0.1, -0.05) is 45.9 Å². The summed E-state index contributed by atoms with van der Waals surface area (Å²) in [4.78, 5) is 13.6. The normalized spacial score (nSPS) is 10.9. The van der Waals surface area contributed by atoms with E-state index in [1.54, 1.807) is 17.9 Å². The zero-order valence-corrected chi connectivity index (χ0v) is 17.8. The van der Waals surface area contributed by atoms with Gasteiger partial charge in [-0.15, -0.1) is 0 Å². The van der Waals surface area contributed by atoms with Crippen LogP contribution < -0.4 is 5.56 Å². The molecule has 4 rings (SSSR count). The van der Waals surface area contributed by atoms with Crippen molar-refractivity contribution in [3.8, 4) is 16.8 Å². The van der Waals surface area contributed by atoms with Gasteiger partial charge in [0.2, 0.25) is 0 Å². The van der Waals surface area contributed by atoms with E-state index in [9.17, 15) is 13.6 Å². The summed E-state index contributed by atoms with van der Waals surface area (Å²) in [7, 11) is 1.80. The number of rotatable bonds is 3. The largest absolute Gasteiger partial charge is 0.280 e. The number of fused-ring (bicyclic) bond motifs is 1. The van der Waals surface area contributed by atoms with Gasteiger partial charge in [-0.3, -0.25) is 14.0 Å². The average molecular weight is 409 g/mol. The molecule has 0 spiro atoms.